The molecule has 2 aliphatic carbocycles. The van der Waals surface area contributed by atoms with Gasteiger partial charge < -0.3 is 9.15 Å². The summed E-state index contributed by atoms with van der Waals surface area (Å²) < 4.78 is 11.0. The summed E-state index contributed by atoms with van der Waals surface area (Å²) in [5.74, 6) is 0.765. The minimum absolute atomic E-state index is 0.0318. The molecule has 35 heavy (non-hydrogen) atoms. The number of furan rings is 1. The van der Waals surface area contributed by atoms with E-state index in [0.717, 1.165) is 43.7 Å². The molecule has 0 spiro atoms. The summed E-state index contributed by atoms with van der Waals surface area (Å²) in [6.45, 7) is 0. The standard InChI is InChI=1S/C28H32N2O4S/c1-33-27(32)23-15-9-8-14-22(23)24-17-16-21(34-24)18-25-26(31)30(20-12-6-3-7-13-20)28(35-25)29-19-10-4-2-5-11-19/h8-9,14-20H,2-7,10-13H2,1H3. The van der Waals surface area contributed by atoms with Crippen LogP contribution in [0.4, 0.5) is 0 Å². The van der Waals surface area contributed by atoms with Crippen molar-refractivity contribution in [2.45, 2.75) is 76.3 Å². The van der Waals surface area contributed by atoms with Gasteiger partial charge in [-0.2, -0.15) is 0 Å². The molecule has 184 valence electrons. The molecule has 2 saturated carbocycles. The van der Waals surface area contributed by atoms with Gasteiger partial charge in [0.25, 0.3) is 5.91 Å². The molecule has 0 N–H and O–H groups in total. The van der Waals surface area contributed by atoms with E-state index in [4.69, 9.17) is 14.1 Å². The molecule has 0 unspecified atom stereocenters. The maximum atomic E-state index is 13.6. The van der Waals surface area contributed by atoms with Crippen molar-refractivity contribution in [1.29, 1.82) is 0 Å². The predicted octanol–water partition coefficient (Wildman–Crippen LogP) is 6.67. The number of esters is 1. The normalized spacial score (nSPS) is 22.3. The fraction of sp³-hybridized carbons (Fsp3) is 0.464. The number of ether oxygens (including phenoxy) is 1. The SMILES string of the molecule is COC(=O)c1ccccc1-c1ccc(C=C2SC(=NC3CCCCC3)N(C3CCCCC3)C2=O)o1. The van der Waals surface area contributed by atoms with E-state index in [1.54, 1.807) is 12.1 Å². The van der Waals surface area contributed by atoms with Crippen molar-refractivity contribution in [2.75, 3.05) is 7.11 Å². The van der Waals surface area contributed by atoms with Crippen molar-refractivity contribution < 1.29 is 18.7 Å². The van der Waals surface area contributed by atoms with Crippen LogP contribution in [0, 0.1) is 0 Å². The Kier molecular flexibility index (Phi) is 7.42. The number of amidine groups is 1. The Hall–Kier alpha value is -2.80. The number of hydrogen-bond acceptors (Lipinski definition) is 6. The smallest absolute Gasteiger partial charge is 0.338 e. The second kappa shape index (κ2) is 10.9. The van der Waals surface area contributed by atoms with Crippen LogP contribution in [0.2, 0.25) is 0 Å². The van der Waals surface area contributed by atoms with Crippen LogP contribution in [0.25, 0.3) is 17.4 Å². The lowest BCUT2D eigenvalue weighted by Gasteiger charge is -2.31. The van der Waals surface area contributed by atoms with E-state index in [2.05, 4.69) is 0 Å². The molecule has 1 aromatic carbocycles. The maximum absolute atomic E-state index is 13.6. The minimum Gasteiger partial charge on any atom is -0.465 e. The van der Waals surface area contributed by atoms with Crippen molar-refractivity contribution in [3.63, 3.8) is 0 Å². The van der Waals surface area contributed by atoms with Gasteiger partial charge in [0, 0.05) is 17.7 Å². The molecule has 0 radical (unpaired) electrons. The maximum Gasteiger partial charge on any atom is 0.338 e. The van der Waals surface area contributed by atoms with E-state index >= 15 is 0 Å². The van der Waals surface area contributed by atoms with Crippen molar-refractivity contribution in [3.8, 4) is 11.3 Å². The zero-order chi connectivity index (χ0) is 24.2. The molecule has 1 amide bonds. The number of aliphatic imine (C=N–C) groups is 1. The molecule has 3 aliphatic rings. The van der Waals surface area contributed by atoms with Crippen molar-refractivity contribution >= 4 is 34.9 Å². The van der Waals surface area contributed by atoms with E-state index in [1.807, 2.05) is 35.2 Å². The Morgan fingerprint density at radius 1 is 1.03 bits per heavy atom. The summed E-state index contributed by atoms with van der Waals surface area (Å²) in [4.78, 5) is 33.5. The van der Waals surface area contributed by atoms with Gasteiger partial charge >= 0.3 is 5.97 Å². The number of amides is 1. The summed E-state index contributed by atoms with van der Waals surface area (Å²) in [5, 5.41) is 0.864. The number of methoxy groups -OCH3 is 1. The quantitative estimate of drug-likeness (QED) is 0.344. The van der Waals surface area contributed by atoms with Gasteiger partial charge in [0.2, 0.25) is 0 Å². The zero-order valence-corrected chi connectivity index (χ0v) is 21.0. The Labute approximate surface area is 210 Å². The van der Waals surface area contributed by atoms with E-state index in [9.17, 15) is 9.59 Å². The van der Waals surface area contributed by atoms with E-state index in [1.165, 1.54) is 44.6 Å². The molecule has 3 fully saturated rings. The van der Waals surface area contributed by atoms with Crippen LogP contribution in [-0.4, -0.2) is 41.1 Å². The summed E-state index contributed by atoms with van der Waals surface area (Å²) in [7, 11) is 1.37. The Morgan fingerprint density at radius 3 is 2.49 bits per heavy atom. The summed E-state index contributed by atoms with van der Waals surface area (Å²) in [6, 6.07) is 11.4. The van der Waals surface area contributed by atoms with Crippen LogP contribution in [0.3, 0.4) is 0 Å². The summed E-state index contributed by atoms with van der Waals surface area (Å²) >= 11 is 1.48. The highest BCUT2D eigenvalue weighted by Crippen LogP contribution is 2.39. The lowest BCUT2D eigenvalue weighted by molar-refractivity contribution is -0.124. The van der Waals surface area contributed by atoms with Gasteiger partial charge in [-0.15, -0.1) is 0 Å². The lowest BCUT2D eigenvalue weighted by Crippen LogP contribution is -2.41. The van der Waals surface area contributed by atoms with Crippen LogP contribution < -0.4 is 0 Å². The molecular weight excluding hydrogens is 460 g/mol. The van der Waals surface area contributed by atoms with Gasteiger partial charge in [-0.3, -0.25) is 14.7 Å². The van der Waals surface area contributed by atoms with Gasteiger partial charge in [0.05, 0.1) is 23.6 Å². The molecule has 6 nitrogen and oxygen atoms in total. The Balaban J connectivity index is 1.43. The highest BCUT2D eigenvalue weighted by Gasteiger charge is 2.39. The molecule has 5 rings (SSSR count). The van der Waals surface area contributed by atoms with E-state index in [-0.39, 0.29) is 11.9 Å². The summed E-state index contributed by atoms with van der Waals surface area (Å²) in [6.07, 6.45) is 13.4. The molecule has 7 heteroatoms. The Morgan fingerprint density at radius 2 is 1.74 bits per heavy atom. The molecule has 1 aromatic heterocycles. The first-order valence-electron chi connectivity index (χ1n) is 12.7. The number of nitrogens with zero attached hydrogens (tertiary/aromatic N) is 2. The zero-order valence-electron chi connectivity index (χ0n) is 20.2. The first-order valence-corrected chi connectivity index (χ1v) is 13.5. The van der Waals surface area contributed by atoms with Crippen LogP contribution in [-0.2, 0) is 9.53 Å². The molecular formula is C28H32N2O4S. The minimum atomic E-state index is -0.412. The Bertz CT molecular complexity index is 1140. The van der Waals surface area contributed by atoms with Crippen molar-refractivity contribution in [1.82, 2.24) is 4.90 Å². The largest absolute Gasteiger partial charge is 0.465 e. The molecule has 0 atom stereocenters. The molecule has 1 aliphatic heterocycles. The van der Waals surface area contributed by atoms with Gasteiger partial charge in [-0.05, 0) is 55.6 Å². The third-order valence-electron chi connectivity index (χ3n) is 7.14. The van der Waals surface area contributed by atoms with Crippen LogP contribution in [0.5, 0.6) is 0 Å². The van der Waals surface area contributed by atoms with Gasteiger partial charge in [0.1, 0.15) is 11.5 Å². The van der Waals surface area contributed by atoms with Gasteiger partial charge in [0.15, 0.2) is 5.17 Å². The van der Waals surface area contributed by atoms with Gasteiger partial charge in [-0.1, -0.05) is 56.7 Å². The fourth-order valence-corrected chi connectivity index (χ4v) is 6.38. The molecule has 0 bridgehead atoms. The third kappa shape index (κ3) is 5.25. The fourth-order valence-electron chi connectivity index (χ4n) is 5.29. The number of carbonyl (C=O) groups excluding carboxylic acids is 2. The molecule has 1 saturated heterocycles. The second-order valence-corrected chi connectivity index (χ2v) is 10.5. The third-order valence-corrected chi connectivity index (χ3v) is 8.14. The highest BCUT2D eigenvalue weighted by atomic mass is 32.2. The topological polar surface area (TPSA) is 72.1 Å². The predicted molar refractivity (Wildman–Crippen MR) is 139 cm³/mol. The number of benzene rings is 1. The molecule has 2 aromatic rings. The number of carbonyl (C=O) groups is 2. The lowest BCUT2D eigenvalue weighted by atomic mass is 9.94. The van der Waals surface area contributed by atoms with Crippen molar-refractivity contribution in [2.24, 2.45) is 4.99 Å². The van der Waals surface area contributed by atoms with Crippen molar-refractivity contribution in [3.05, 3.63) is 52.6 Å². The second-order valence-electron chi connectivity index (χ2n) is 9.52. The van der Waals surface area contributed by atoms with E-state index in [0.29, 0.717) is 33.6 Å². The van der Waals surface area contributed by atoms with Gasteiger partial charge in [-0.25, -0.2) is 4.79 Å². The first kappa shape index (κ1) is 23.9. The average Bonchev–Trinajstić information content (AvgIpc) is 3.49. The van der Waals surface area contributed by atoms with Crippen LogP contribution in [0.1, 0.15) is 80.3 Å². The molecule has 2 heterocycles. The number of hydrogen-bond donors (Lipinski definition) is 0. The number of rotatable bonds is 5. The average molecular weight is 493 g/mol. The summed E-state index contributed by atoms with van der Waals surface area (Å²) in [5.41, 5.74) is 1.11. The van der Waals surface area contributed by atoms with Crippen LogP contribution in [0.15, 0.2) is 50.7 Å². The highest BCUT2D eigenvalue weighted by molar-refractivity contribution is 8.18. The first-order chi connectivity index (χ1) is 17.1. The van der Waals surface area contributed by atoms with Crippen LogP contribution >= 0.6 is 11.8 Å². The monoisotopic (exact) mass is 492 g/mol. The number of thioether (sulfide) groups is 1. The van der Waals surface area contributed by atoms with E-state index < -0.39 is 5.97 Å².